The number of carbonyl (C=O) groups is 1. The standard InChI is InChI=1S/C27H23ClFN3O4S/c28-23-6-2-1-5-22(23)27(34)11-14-32(15-12-27)26(33)18-7-9-21(10-8-18)31-37(35,36)24-17-20(29)16-19-4-3-13-30-25(19)24/h1-10,13,16-17,31,34H,11-12,14-15H2. The van der Waals surface area contributed by atoms with Crippen LogP contribution in [-0.2, 0) is 15.6 Å². The number of nitrogens with one attached hydrogen (secondary N) is 1. The third-order valence-corrected chi connectivity index (χ3v) is 8.29. The van der Waals surface area contributed by atoms with Gasteiger partial charge in [-0.25, -0.2) is 12.8 Å². The van der Waals surface area contributed by atoms with Gasteiger partial charge in [0.1, 0.15) is 10.7 Å². The Bertz CT molecular complexity index is 1590. The number of hydrogen-bond acceptors (Lipinski definition) is 5. The van der Waals surface area contributed by atoms with E-state index in [1.165, 1.54) is 36.5 Å². The number of nitrogens with zero attached hydrogens (tertiary/aromatic N) is 2. The number of aliphatic hydroxyl groups is 1. The molecule has 2 heterocycles. The van der Waals surface area contributed by atoms with Crippen LogP contribution in [0.4, 0.5) is 10.1 Å². The number of hydrogen-bond donors (Lipinski definition) is 2. The molecule has 0 unspecified atom stereocenters. The highest BCUT2D eigenvalue weighted by Crippen LogP contribution is 2.37. The molecule has 0 atom stereocenters. The molecule has 0 aliphatic carbocycles. The Hall–Kier alpha value is -3.53. The summed E-state index contributed by atoms with van der Waals surface area (Å²) in [6.45, 7) is 0.684. The molecule has 1 amide bonds. The summed E-state index contributed by atoms with van der Waals surface area (Å²) in [5.74, 6) is -0.916. The number of fused-ring (bicyclic) bond motifs is 1. The number of sulfonamides is 1. The molecule has 10 heteroatoms. The molecule has 1 aliphatic rings. The van der Waals surface area contributed by atoms with Gasteiger partial charge < -0.3 is 10.0 Å². The first-order valence-corrected chi connectivity index (χ1v) is 13.5. The van der Waals surface area contributed by atoms with E-state index in [0.717, 1.165) is 6.07 Å². The minimum atomic E-state index is -4.15. The first kappa shape index (κ1) is 25.1. The van der Waals surface area contributed by atoms with Gasteiger partial charge in [0.15, 0.2) is 0 Å². The molecule has 4 aromatic rings. The lowest BCUT2D eigenvalue weighted by Crippen LogP contribution is -2.45. The number of carbonyl (C=O) groups excluding carboxylic acids is 1. The Morgan fingerprint density at radius 2 is 1.73 bits per heavy atom. The maximum atomic E-state index is 14.1. The molecule has 0 saturated carbocycles. The number of halogens is 2. The van der Waals surface area contributed by atoms with E-state index in [2.05, 4.69) is 9.71 Å². The molecule has 0 radical (unpaired) electrons. The van der Waals surface area contributed by atoms with Crippen LogP contribution in [0.5, 0.6) is 0 Å². The van der Waals surface area contributed by atoms with Crippen molar-refractivity contribution in [3.05, 3.63) is 101 Å². The molecule has 37 heavy (non-hydrogen) atoms. The van der Waals surface area contributed by atoms with Crippen molar-refractivity contribution >= 4 is 44.1 Å². The first-order chi connectivity index (χ1) is 17.7. The summed E-state index contributed by atoms with van der Waals surface area (Å²) in [5.41, 5.74) is 0.306. The van der Waals surface area contributed by atoms with Crippen molar-refractivity contribution in [2.45, 2.75) is 23.3 Å². The maximum absolute atomic E-state index is 14.1. The lowest BCUT2D eigenvalue weighted by atomic mass is 9.84. The van der Waals surface area contributed by atoms with E-state index < -0.39 is 21.4 Å². The third kappa shape index (κ3) is 5.02. The number of piperidine rings is 1. The predicted molar refractivity (Wildman–Crippen MR) is 139 cm³/mol. The summed E-state index contributed by atoms with van der Waals surface area (Å²) >= 11 is 6.27. The number of anilines is 1. The van der Waals surface area contributed by atoms with Gasteiger partial charge in [-0.3, -0.25) is 14.5 Å². The second-order valence-corrected chi connectivity index (χ2v) is 11.0. The van der Waals surface area contributed by atoms with E-state index in [1.807, 2.05) is 6.07 Å². The zero-order chi connectivity index (χ0) is 26.2. The van der Waals surface area contributed by atoms with Crippen LogP contribution in [0.2, 0.25) is 5.02 Å². The van der Waals surface area contributed by atoms with Crippen LogP contribution in [0, 0.1) is 5.82 Å². The lowest BCUT2D eigenvalue weighted by molar-refractivity contribution is -0.0210. The quantitative estimate of drug-likeness (QED) is 0.374. The Labute approximate surface area is 218 Å². The Morgan fingerprint density at radius 3 is 2.43 bits per heavy atom. The molecular weight excluding hydrogens is 517 g/mol. The predicted octanol–water partition coefficient (Wildman–Crippen LogP) is 4.95. The minimum Gasteiger partial charge on any atom is -0.385 e. The summed E-state index contributed by atoms with van der Waals surface area (Å²) < 4.78 is 42.5. The van der Waals surface area contributed by atoms with Crippen LogP contribution < -0.4 is 4.72 Å². The normalized spacial score (nSPS) is 15.5. The van der Waals surface area contributed by atoms with Crippen molar-refractivity contribution in [1.82, 2.24) is 9.88 Å². The van der Waals surface area contributed by atoms with Crippen molar-refractivity contribution in [3.63, 3.8) is 0 Å². The summed E-state index contributed by atoms with van der Waals surface area (Å²) in [7, 11) is -4.15. The van der Waals surface area contributed by atoms with Crippen LogP contribution >= 0.6 is 11.6 Å². The van der Waals surface area contributed by atoms with Gasteiger partial charge in [-0.2, -0.15) is 0 Å². The zero-order valence-corrected chi connectivity index (χ0v) is 21.1. The number of pyridine rings is 1. The van der Waals surface area contributed by atoms with E-state index >= 15 is 0 Å². The van der Waals surface area contributed by atoms with Gasteiger partial charge in [-0.1, -0.05) is 35.9 Å². The number of rotatable bonds is 5. The Kier molecular flexibility index (Phi) is 6.61. The Balaban J connectivity index is 1.29. The van der Waals surface area contributed by atoms with Crippen LogP contribution in [0.25, 0.3) is 10.9 Å². The molecule has 2 N–H and O–H groups in total. The second kappa shape index (κ2) is 9.74. The highest BCUT2D eigenvalue weighted by Gasteiger charge is 2.37. The molecule has 1 saturated heterocycles. The van der Waals surface area contributed by atoms with Crippen molar-refractivity contribution in [1.29, 1.82) is 0 Å². The largest absolute Gasteiger partial charge is 0.385 e. The van der Waals surface area contributed by atoms with E-state index in [9.17, 15) is 22.7 Å². The van der Waals surface area contributed by atoms with Crippen molar-refractivity contribution in [2.75, 3.05) is 17.8 Å². The highest BCUT2D eigenvalue weighted by atomic mass is 35.5. The highest BCUT2D eigenvalue weighted by molar-refractivity contribution is 7.93. The van der Waals surface area contributed by atoms with Crippen molar-refractivity contribution in [3.8, 4) is 0 Å². The number of amides is 1. The average Bonchev–Trinajstić information content (AvgIpc) is 2.88. The first-order valence-electron chi connectivity index (χ1n) is 11.6. The molecule has 0 bridgehead atoms. The van der Waals surface area contributed by atoms with E-state index in [4.69, 9.17) is 11.6 Å². The van der Waals surface area contributed by atoms with Gasteiger partial charge >= 0.3 is 0 Å². The third-order valence-electron chi connectivity index (χ3n) is 6.56. The summed E-state index contributed by atoms with van der Waals surface area (Å²) in [6, 6.07) is 18.5. The minimum absolute atomic E-state index is 0.157. The molecular formula is C27H23ClFN3O4S. The van der Waals surface area contributed by atoms with Crippen molar-refractivity contribution in [2.24, 2.45) is 0 Å². The van der Waals surface area contributed by atoms with Crippen LogP contribution in [-0.4, -0.2) is 42.4 Å². The van der Waals surface area contributed by atoms with Crippen LogP contribution in [0.15, 0.2) is 83.9 Å². The number of likely N-dealkylation sites (tertiary alicyclic amines) is 1. The van der Waals surface area contributed by atoms with Gasteiger partial charge in [0, 0.05) is 46.5 Å². The molecule has 1 fully saturated rings. The summed E-state index contributed by atoms with van der Waals surface area (Å²) in [5, 5.41) is 12.0. The SMILES string of the molecule is O=C(c1ccc(NS(=O)(=O)c2cc(F)cc3cccnc23)cc1)N1CCC(O)(c2ccccc2Cl)CC1. The number of benzene rings is 3. The van der Waals surface area contributed by atoms with Gasteiger partial charge in [-0.05, 0) is 61.4 Å². The van der Waals surface area contributed by atoms with Gasteiger partial charge in [0.25, 0.3) is 15.9 Å². The fraction of sp³-hybridized carbons (Fsp3) is 0.185. The molecule has 0 spiro atoms. The van der Waals surface area contributed by atoms with Crippen molar-refractivity contribution < 1.29 is 22.7 Å². The zero-order valence-electron chi connectivity index (χ0n) is 19.6. The fourth-order valence-electron chi connectivity index (χ4n) is 4.59. The molecule has 5 rings (SSSR count). The monoisotopic (exact) mass is 539 g/mol. The van der Waals surface area contributed by atoms with Gasteiger partial charge in [0.05, 0.1) is 11.1 Å². The van der Waals surface area contributed by atoms with Gasteiger partial charge in [-0.15, -0.1) is 0 Å². The van der Waals surface area contributed by atoms with E-state index in [-0.39, 0.29) is 22.0 Å². The summed E-state index contributed by atoms with van der Waals surface area (Å²) in [6.07, 6.45) is 2.13. The van der Waals surface area contributed by atoms with Crippen LogP contribution in [0.1, 0.15) is 28.8 Å². The molecule has 7 nitrogen and oxygen atoms in total. The average molecular weight is 540 g/mol. The second-order valence-electron chi connectivity index (χ2n) is 8.97. The Morgan fingerprint density at radius 1 is 1.03 bits per heavy atom. The van der Waals surface area contributed by atoms with E-state index in [1.54, 1.807) is 35.2 Å². The summed E-state index contributed by atoms with van der Waals surface area (Å²) in [4.78, 5) is 18.5. The topological polar surface area (TPSA) is 99.6 Å². The lowest BCUT2D eigenvalue weighted by Gasteiger charge is -2.39. The van der Waals surface area contributed by atoms with Crippen LogP contribution in [0.3, 0.4) is 0 Å². The van der Waals surface area contributed by atoms with Gasteiger partial charge in [0.2, 0.25) is 0 Å². The molecule has 1 aliphatic heterocycles. The molecule has 1 aromatic heterocycles. The molecule has 190 valence electrons. The smallest absolute Gasteiger partial charge is 0.264 e. The maximum Gasteiger partial charge on any atom is 0.264 e. The number of aromatic nitrogens is 1. The molecule has 3 aromatic carbocycles. The fourth-order valence-corrected chi connectivity index (χ4v) is 6.15. The van der Waals surface area contributed by atoms with E-state index in [0.29, 0.717) is 47.5 Å².